The highest BCUT2D eigenvalue weighted by Gasteiger charge is 2.19. The molecule has 0 aromatic carbocycles. The Bertz CT molecular complexity index is 356. The standard InChI is InChI=1S/C14H27N3O4/c1-9(2)15-8-11(14(20)21)17-13(19)7-5-6-12(18)16-10(3)4/h9-11,15H,5-8H2,1-4H3,(H,16,18)(H,17,19)(H,20,21). The van der Waals surface area contributed by atoms with Crippen molar-refractivity contribution in [2.75, 3.05) is 6.54 Å². The van der Waals surface area contributed by atoms with Crippen molar-refractivity contribution < 1.29 is 19.5 Å². The summed E-state index contributed by atoms with van der Waals surface area (Å²) in [6, 6.07) is -0.738. The number of nitrogens with one attached hydrogen (secondary N) is 3. The second kappa shape index (κ2) is 10.1. The van der Waals surface area contributed by atoms with E-state index in [1.165, 1.54) is 0 Å². The van der Waals surface area contributed by atoms with Gasteiger partial charge in [0, 0.05) is 31.5 Å². The third kappa shape index (κ3) is 10.8. The van der Waals surface area contributed by atoms with Gasteiger partial charge < -0.3 is 21.1 Å². The van der Waals surface area contributed by atoms with Crippen LogP contribution in [0.15, 0.2) is 0 Å². The third-order valence-corrected chi connectivity index (χ3v) is 2.62. The molecule has 0 aliphatic carbocycles. The van der Waals surface area contributed by atoms with Crippen molar-refractivity contribution in [3.05, 3.63) is 0 Å². The van der Waals surface area contributed by atoms with Gasteiger partial charge in [-0.25, -0.2) is 4.79 Å². The zero-order chi connectivity index (χ0) is 16.4. The summed E-state index contributed by atoms with van der Waals surface area (Å²) >= 11 is 0. The topological polar surface area (TPSA) is 108 Å². The van der Waals surface area contributed by atoms with Crippen LogP contribution in [0.2, 0.25) is 0 Å². The Kier molecular flexibility index (Phi) is 9.36. The molecule has 0 saturated heterocycles. The molecule has 0 heterocycles. The van der Waals surface area contributed by atoms with Crippen molar-refractivity contribution in [3.8, 4) is 0 Å². The molecule has 0 aliphatic rings. The van der Waals surface area contributed by atoms with Crippen LogP contribution in [0.3, 0.4) is 0 Å². The summed E-state index contributed by atoms with van der Waals surface area (Å²) in [6.45, 7) is 7.70. The van der Waals surface area contributed by atoms with Gasteiger partial charge in [0.05, 0.1) is 0 Å². The summed E-state index contributed by atoms with van der Waals surface area (Å²) in [6.07, 6.45) is 0.791. The number of carbonyl (C=O) groups is 3. The van der Waals surface area contributed by atoms with Crippen LogP contribution in [0, 0.1) is 0 Å². The van der Waals surface area contributed by atoms with Crippen molar-refractivity contribution in [2.24, 2.45) is 0 Å². The van der Waals surface area contributed by atoms with Gasteiger partial charge >= 0.3 is 5.97 Å². The van der Waals surface area contributed by atoms with Gasteiger partial charge in [-0.2, -0.15) is 0 Å². The van der Waals surface area contributed by atoms with E-state index in [9.17, 15) is 14.4 Å². The summed E-state index contributed by atoms with van der Waals surface area (Å²) < 4.78 is 0. The summed E-state index contributed by atoms with van der Waals surface area (Å²) in [7, 11) is 0. The van der Waals surface area contributed by atoms with Crippen LogP contribution in [0.5, 0.6) is 0 Å². The molecular formula is C14H27N3O4. The normalized spacial score (nSPS) is 12.3. The molecule has 1 unspecified atom stereocenters. The summed E-state index contributed by atoms with van der Waals surface area (Å²) in [5, 5.41) is 17.2. The number of carboxylic acid groups (broad SMARTS) is 1. The van der Waals surface area contributed by atoms with E-state index < -0.39 is 12.0 Å². The predicted molar refractivity (Wildman–Crippen MR) is 79.8 cm³/mol. The fraction of sp³-hybridized carbons (Fsp3) is 0.786. The molecule has 122 valence electrons. The molecule has 0 aromatic heterocycles. The second-order valence-corrected chi connectivity index (χ2v) is 5.60. The van der Waals surface area contributed by atoms with E-state index in [4.69, 9.17) is 5.11 Å². The van der Waals surface area contributed by atoms with Gasteiger partial charge in [0.2, 0.25) is 11.8 Å². The lowest BCUT2D eigenvalue weighted by atomic mass is 10.2. The maximum Gasteiger partial charge on any atom is 0.327 e. The van der Waals surface area contributed by atoms with Gasteiger partial charge in [-0.15, -0.1) is 0 Å². The quantitative estimate of drug-likeness (QED) is 0.462. The minimum atomic E-state index is -1.07. The molecule has 0 spiro atoms. The zero-order valence-corrected chi connectivity index (χ0v) is 13.2. The lowest BCUT2D eigenvalue weighted by Gasteiger charge is -2.17. The first-order chi connectivity index (χ1) is 9.72. The van der Waals surface area contributed by atoms with E-state index in [-0.39, 0.29) is 43.3 Å². The van der Waals surface area contributed by atoms with Crippen LogP contribution >= 0.6 is 0 Å². The molecular weight excluding hydrogens is 274 g/mol. The van der Waals surface area contributed by atoms with Gasteiger partial charge in [-0.1, -0.05) is 13.8 Å². The van der Waals surface area contributed by atoms with Gasteiger partial charge in [-0.3, -0.25) is 9.59 Å². The van der Waals surface area contributed by atoms with E-state index >= 15 is 0 Å². The number of carboxylic acids is 1. The van der Waals surface area contributed by atoms with E-state index in [0.717, 1.165) is 0 Å². The van der Waals surface area contributed by atoms with Crippen LogP contribution in [0.25, 0.3) is 0 Å². The van der Waals surface area contributed by atoms with Gasteiger partial charge in [0.15, 0.2) is 0 Å². The minimum absolute atomic E-state index is 0.0739. The number of amides is 2. The van der Waals surface area contributed by atoms with Gasteiger partial charge in [0.25, 0.3) is 0 Å². The molecule has 0 aliphatic heterocycles. The SMILES string of the molecule is CC(C)NCC(NC(=O)CCCC(=O)NC(C)C)C(=O)O. The molecule has 0 saturated carbocycles. The van der Waals surface area contributed by atoms with E-state index in [1.54, 1.807) is 0 Å². The minimum Gasteiger partial charge on any atom is -0.480 e. The molecule has 2 amide bonds. The van der Waals surface area contributed by atoms with Crippen LogP contribution in [0.1, 0.15) is 47.0 Å². The van der Waals surface area contributed by atoms with E-state index in [0.29, 0.717) is 6.42 Å². The Morgan fingerprint density at radius 3 is 1.86 bits per heavy atom. The highest BCUT2D eigenvalue weighted by Crippen LogP contribution is 1.97. The largest absolute Gasteiger partial charge is 0.480 e. The smallest absolute Gasteiger partial charge is 0.327 e. The Morgan fingerprint density at radius 1 is 0.905 bits per heavy atom. The van der Waals surface area contributed by atoms with E-state index in [1.807, 2.05) is 27.7 Å². The second-order valence-electron chi connectivity index (χ2n) is 5.60. The average molecular weight is 301 g/mol. The molecule has 1 atom stereocenters. The van der Waals surface area contributed by atoms with Crippen molar-refractivity contribution in [1.29, 1.82) is 0 Å². The molecule has 7 heteroatoms. The zero-order valence-electron chi connectivity index (χ0n) is 13.2. The first-order valence-electron chi connectivity index (χ1n) is 7.27. The van der Waals surface area contributed by atoms with Crippen LogP contribution in [0.4, 0.5) is 0 Å². The average Bonchev–Trinajstić information content (AvgIpc) is 2.32. The Morgan fingerprint density at radius 2 is 1.43 bits per heavy atom. The highest BCUT2D eigenvalue weighted by molar-refractivity contribution is 5.84. The molecule has 0 bridgehead atoms. The fourth-order valence-electron chi connectivity index (χ4n) is 1.62. The summed E-state index contributed by atoms with van der Waals surface area (Å²) in [4.78, 5) is 34.1. The number of hydrogen-bond donors (Lipinski definition) is 4. The first-order valence-corrected chi connectivity index (χ1v) is 7.27. The monoisotopic (exact) mass is 301 g/mol. The van der Waals surface area contributed by atoms with Crippen molar-refractivity contribution in [3.63, 3.8) is 0 Å². The molecule has 0 aromatic rings. The first kappa shape index (κ1) is 19.4. The molecule has 0 rings (SSSR count). The lowest BCUT2D eigenvalue weighted by Crippen LogP contribution is -2.48. The molecule has 7 nitrogen and oxygen atoms in total. The van der Waals surface area contributed by atoms with Crippen molar-refractivity contribution in [2.45, 2.75) is 65.1 Å². The highest BCUT2D eigenvalue weighted by atomic mass is 16.4. The van der Waals surface area contributed by atoms with Gasteiger partial charge in [-0.05, 0) is 20.3 Å². The number of aliphatic carboxylic acids is 1. The predicted octanol–water partition coefficient (Wildman–Crippen LogP) is 0.249. The van der Waals surface area contributed by atoms with Crippen LogP contribution < -0.4 is 16.0 Å². The number of carbonyl (C=O) groups excluding carboxylic acids is 2. The number of rotatable bonds is 10. The number of hydrogen-bond acceptors (Lipinski definition) is 4. The Hall–Kier alpha value is -1.63. The van der Waals surface area contributed by atoms with Crippen LogP contribution in [-0.4, -0.2) is 47.6 Å². The Labute approximate surface area is 125 Å². The third-order valence-electron chi connectivity index (χ3n) is 2.62. The van der Waals surface area contributed by atoms with Crippen molar-refractivity contribution in [1.82, 2.24) is 16.0 Å². The maximum atomic E-state index is 11.7. The molecule has 0 fully saturated rings. The molecule has 4 N–H and O–H groups in total. The lowest BCUT2D eigenvalue weighted by molar-refractivity contribution is -0.141. The molecule has 21 heavy (non-hydrogen) atoms. The van der Waals surface area contributed by atoms with Crippen LogP contribution in [-0.2, 0) is 14.4 Å². The fourth-order valence-corrected chi connectivity index (χ4v) is 1.62. The van der Waals surface area contributed by atoms with E-state index in [2.05, 4.69) is 16.0 Å². The maximum absolute atomic E-state index is 11.7. The van der Waals surface area contributed by atoms with Crippen molar-refractivity contribution >= 4 is 17.8 Å². The molecule has 0 radical (unpaired) electrons. The van der Waals surface area contributed by atoms with Gasteiger partial charge in [0.1, 0.15) is 6.04 Å². The Balaban J connectivity index is 4.03. The summed E-state index contributed by atoms with van der Waals surface area (Å²) in [5.74, 6) is -1.53. The summed E-state index contributed by atoms with van der Waals surface area (Å²) in [5.41, 5.74) is 0.